The summed E-state index contributed by atoms with van der Waals surface area (Å²) in [5, 5.41) is 0. The fraction of sp³-hybridized carbons (Fsp3) is 0.467. The lowest BCUT2D eigenvalue weighted by Gasteiger charge is -2.42. The number of carbonyl (C=O) groups is 2. The summed E-state index contributed by atoms with van der Waals surface area (Å²) < 4.78 is 1.01. The monoisotopic (exact) mass is 336 g/mol. The van der Waals surface area contributed by atoms with Crippen molar-refractivity contribution in [2.45, 2.75) is 31.8 Å². The molecule has 2 amide bonds. The molecule has 1 aromatic rings. The van der Waals surface area contributed by atoms with Crippen LogP contribution in [0.25, 0.3) is 0 Å². The zero-order chi connectivity index (χ0) is 14.1. The van der Waals surface area contributed by atoms with Crippen LogP contribution in [0.3, 0.4) is 0 Å². The molecule has 106 valence electrons. The van der Waals surface area contributed by atoms with E-state index in [2.05, 4.69) is 15.9 Å². The van der Waals surface area contributed by atoms with Crippen LogP contribution in [0, 0.1) is 0 Å². The number of piperazine rings is 1. The summed E-state index contributed by atoms with van der Waals surface area (Å²) >= 11 is 3.39. The second kappa shape index (κ2) is 5.56. The molecule has 0 N–H and O–H groups in total. The van der Waals surface area contributed by atoms with Crippen molar-refractivity contribution >= 4 is 27.7 Å². The van der Waals surface area contributed by atoms with Crippen molar-refractivity contribution < 1.29 is 9.59 Å². The molecule has 0 atom stereocenters. The van der Waals surface area contributed by atoms with Gasteiger partial charge in [-0.25, -0.2) is 0 Å². The summed E-state index contributed by atoms with van der Waals surface area (Å²) in [4.78, 5) is 27.7. The molecule has 0 unspecified atom stereocenters. The smallest absolute Gasteiger partial charge is 0.312 e. The Balaban J connectivity index is 1.65. The van der Waals surface area contributed by atoms with Crippen molar-refractivity contribution in [1.29, 1.82) is 0 Å². The van der Waals surface area contributed by atoms with Gasteiger partial charge in [-0.15, -0.1) is 0 Å². The standard InChI is InChI=1S/C15H17BrN2O2/c16-12-6-4-11(5-7-12)10-17-8-9-18(13-2-1-3-13)15(20)14(17)19/h4-7,13H,1-3,8-10H2. The summed E-state index contributed by atoms with van der Waals surface area (Å²) in [5.41, 5.74) is 1.05. The number of nitrogens with zero attached hydrogens (tertiary/aromatic N) is 2. The van der Waals surface area contributed by atoms with Crippen LogP contribution in [0.5, 0.6) is 0 Å². The van der Waals surface area contributed by atoms with Crippen molar-refractivity contribution in [1.82, 2.24) is 9.80 Å². The van der Waals surface area contributed by atoms with E-state index in [1.807, 2.05) is 24.3 Å². The van der Waals surface area contributed by atoms with Crippen LogP contribution < -0.4 is 0 Å². The van der Waals surface area contributed by atoms with E-state index in [0.29, 0.717) is 25.7 Å². The van der Waals surface area contributed by atoms with Crippen LogP contribution in [-0.4, -0.2) is 40.7 Å². The van der Waals surface area contributed by atoms with Crippen LogP contribution in [-0.2, 0) is 16.1 Å². The molecule has 1 saturated carbocycles. The number of halogens is 1. The third-order valence-electron chi connectivity index (χ3n) is 4.14. The van der Waals surface area contributed by atoms with Gasteiger partial charge in [0.15, 0.2) is 0 Å². The summed E-state index contributed by atoms with van der Waals surface area (Å²) in [6.45, 7) is 1.82. The fourth-order valence-electron chi connectivity index (χ4n) is 2.70. The van der Waals surface area contributed by atoms with Gasteiger partial charge in [0.05, 0.1) is 0 Å². The van der Waals surface area contributed by atoms with E-state index in [9.17, 15) is 9.59 Å². The Morgan fingerprint density at radius 3 is 2.35 bits per heavy atom. The Bertz CT molecular complexity index is 525. The summed E-state index contributed by atoms with van der Waals surface area (Å²) in [7, 11) is 0. The molecule has 1 aliphatic heterocycles. The lowest BCUT2D eigenvalue weighted by molar-refractivity contribution is -0.159. The van der Waals surface area contributed by atoms with Crippen molar-refractivity contribution in [3.8, 4) is 0 Å². The van der Waals surface area contributed by atoms with Crippen molar-refractivity contribution in [2.75, 3.05) is 13.1 Å². The Morgan fingerprint density at radius 1 is 1.05 bits per heavy atom. The van der Waals surface area contributed by atoms with Gasteiger partial charge in [-0.2, -0.15) is 0 Å². The van der Waals surface area contributed by atoms with Crippen molar-refractivity contribution in [3.05, 3.63) is 34.3 Å². The van der Waals surface area contributed by atoms with Crippen LogP contribution in [0.15, 0.2) is 28.7 Å². The number of hydrogen-bond donors (Lipinski definition) is 0. The maximum absolute atomic E-state index is 12.2. The second-order valence-electron chi connectivity index (χ2n) is 5.44. The molecule has 2 aliphatic rings. The van der Waals surface area contributed by atoms with E-state index in [0.717, 1.165) is 22.9 Å². The molecule has 3 rings (SSSR count). The first-order valence-corrected chi connectivity index (χ1v) is 7.79. The predicted octanol–water partition coefficient (Wildman–Crippen LogP) is 2.17. The van der Waals surface area contributed by atoms with E-state index in [1.165, 1.54) is 6.42 Å². The highest BCUT2D eigenvalue weighted by Gasteiger charge is 2.38. The van der Waals surface area contributed by atoms with Gasteiger partial charge in [-0.1, -0.05) is 28.1 Å². The van der Waals surface area contributed by atoms with Gasteiger partial charge in [0.1, 0.15) is 0 Å². The van der Waals surface area contributed by atoms with E-state index in [4.69, 9.17) is 0 Å². The Labute approximate surface area is 126 Å². The zero-order valence-electron chi connectivity index (χ0n) is 11.2. The summed E-state index contributed by atoms with van der Waals surface area (Å²) in [6.07, 6.45) is 3.27. The molecular formula is C15H17BrN2O2. The lowest BCUT2D eigenvalue weighted by Crippen LogP contribution is -2.58. The van der Waals surface area contributed by atoms with Crippen LogP contribution in [0.2, 0.25) is 0 Å². The van der Waals surface area contributed by atoms with Gasteiger partial charge in [-0.3, -0.25) is 9.59 Å². The highest BCUT2D eigenvalue weighted by molar-refractivity contribution is 9.10. The molecule has 4 nitrogen and oxygen atoms in total. The zero-order valence-corrected chi connectivity index (χ0v) is 12.8. The van der Waals surface area contributed by atoms with Gasteiger partial charge < -0.3 is 9.80 Å². The van der Waals surface area contributed by atoms with Crippen molar-refractivity contribution in [3.63, 3.8) is 0 Å². The number of benzene rings is 1. The molecule has 0 aromatic heterocycles. The van der Waals surface area contributed by atoms with Crippen LogP contribution in [0.1, 0.15) is 24.8 Å². The van der Waals surface area contributed by atoms with E-state index in [-0.39, 0.29) is 11.8 Å². The molecule has 1 heterocycles. The van der Waals surface area contributed by atoms with Gasteiger partial charge in [0.25, 0.3) is 0 Å². The van der Waals surface area contributed by atoms with Crippen molar-refractivity contribution in [2.24, 2.45) is 0 Å². The molecule has 5 heteroatoms. The summed E-state index contributed by atoms with van der Waals surface area (Å²) in [6, 6.07) is 8.15. The van der Waals surface area contributed by atoms with Crippen LogP contribution in [0.4, 0.5) is 0 Å². The Kier molecular flexibility index (Phi) is 3.78. The molecular weight excluding hydrogens is 320 g/mol. The minimum absolute atomic E-state index is 0.307. The first-order chi connectivity index (χ1) is 9.65. The molecule has 0 radical (unpaired) electrons. The molecule has 1 aliphatic carbocycles. The maximum Gasteiger partial charge on any atom is 0.312 e. The minimum atomic E-state index is -0.355. The van der Waals surface area contributed by atoms with Gasteiger partial charge >= 0.3 is 11.8 Å². The molecule has 0 bridgehead atoms. The second-order valence-corrected chi connectivity index (χ2v) is 6.35. The predicted molar refractivity (Wildman–Crippen MR) is 78.9 cm³/mol. The maximum atomic E-state index is 12.2. The topological polar surface area (TPSA) is 40.6 Å². The fourth-order valence-corrected chi connectivity index (χ4v) is 2.96. The SMILES string of the molecule is O=C1C(=O)N(C2CCC2)CCN1Cc1ccc(Br)cc1. The number of amides is 2. The molecule has 20 heavy (non-hydrogen) atoms. The number of carbonyl (C=O) groups excluding carboxylic acids is 2. The highest BCUT2D eigenvalue weighted by atomic mass is 79.9. The average Bonchev–Trinajstić information content (AvgIpc) is 2.39. The van der Waals surface area contributed by atoms with E-state index >= 15 is 0 Å². The van der Waals surface area contributed by atoms with Gasteiger partial charge in [0, 0.05) is 30.1 Å². The first kappa shape index (κ1) is 13.6. The summed E-state index contributed by atoms with van der Waals surface area (Å²) in [5.74, 6) is -0.677. The lowest BCUT2D eigenvalue weighted by atomic mass is 9.91. The van der Waals surface area contributed by atoms with E-state index in [1.54, 1.807) is 9.80 Å². The minimum Gasteiger partial charge on any atom is -0.330 e. The normalized spacial score (nSPS) is 20.2. The molecule has 0 spiro atoms. The van der Waals surface area contributed by atoms with E-state index < -0.39 is 0 Å². The largest absolute Gasteiger partial charge is 0.330 e. The quantitative estimate of drug-likeness (QED) is 0.794. The third-order valence-corrected chi connectivity index (χ3v) is 4.67. The Hall–Kier alpha value is -1.36. The van der Waals surface area contributed by atoms with Gasteiger partial charge in [-0.05, 0) is 37.0 Å². The first-order valence-electron chi connectivity index (χ1n) is 6.99. The van der Waals surface area contributed by atoms with Crippen LogP contribution >= 0.6 is 15.9 Å². The molecule has 1 saturated heterocycles. The average molecular weight is 337 g/mol. The highest BCUT2D eigenvalue weighted by Crippen LogP contribution is 2.26. The Morgan fingerprint density at radius 2 is 1.75 bits per heavy atom. The molecule has 1 aromatic carbocycles. The number of hydrogen-bond acceptors (Lipinski definition) is 2. The number of rotatable bonds is 3. The van der Waals surface area contributed by atoms with Gasteiger partial charge in [0.2, 0.25) is 0 Å². The third kappa shape index (κ3) is 2.59. The molecule has 2 fully saturated rings.